The number of hydrogen-bond acceptors (Lipinski definition) is 4. The summed E-state index contributed by atoms with van der Waals surface area (Å²) in [5, 5.41) is 2.14. The molecule has 1 atom stereocenters. The van der Waals surface area contributed by atoms with Gasteiger partial charge in [-0.05, 0) is 29.1 Å². The van der Waals surface area contributed by atoms with E-state index in [1.54, 1.807) is 26.2 Å². The molecule has 3 rings (SSSR count). The zero-order valence-electron chi connectivity index (χ0n) is 11.8. The molecule has 2 aromatic carbocycles. The number of aldehydes is 1. The average Bonchev–Trinajstić information content (AvgIpc) is 2.53. The second-order valence-electron chi connectivity index (χ2n) is 4.98. The van der Waals surface area contributed by atoms with Gasteiger partial charge < -0.3 is 13.9 Å². The third-order valence-corrected chi connectivity index (χ3v) is 3.68. The van der Waals surface area contributed by atoms with Crippen molar-refractivity contribution in [1.82, 2.24) is 0 Å². The van der Waals surface area contributed by atoms with E-state index in [1.165, 1.54) is 0 Å². The quantitative estimate of drug-likeness (QED) is 0.420. The summed E-state index contributed by atoms with van der Waals surface area (Å²) >= 11 is 0. The molecule has 0 bridgehead atoms. The Labute approximate surface area is 120 Å². The predicted molar refractivity (Wildman–Crippen MR) is 81.0 cm³/mol. The number of hydrogen-bond donors (Lipinski definition) is 0. The normalized spacial score (nSPS) is 12.5. The molecular weight excluding hydrogens is 268 g/mol. The minimum Gasteiger partial charge on any atom is -0.497 e. The molecule has 0 aliphatic rings. The standard InChI is InChI=1S/C17H14O4/c1-10(9-18)11-3-5-13-14-6-4-12(20-2)8-16(14)21-17(19)15(13)7-11/h3-10H,1-2H3. The second-order valence-corrected chi connectivity index (χ2v) is 4.98. The van der Waals surface area contributed by atoms with Crippen LogP contribution in [0, 0.1) is 0 Å². The Morgan fingerprint density at radius 3 is 2.57 bits per heavy atom. The summed E-state index contributed by atoms with van der Waals surface area (Å²) in [4.78, 5) is 23.1. The molecule has 0 amide bonds. The summed E-state index contributed by atoms with van der Waals surface area (Å²) in [5.74, 6) is 0.386. The van der Waals surface area contributed by atoms with Crippen molar-refractivity contribution >= 4 is 28.0 Å². The molecule has 21 heavy (non-hydrogen) atoms. The number of methoxy groups -OCH3 is 1. The van der Waals surface area contributed by atoms with Crippen LogP contribution in [0.2, 0.25) is 0 Å². The van der Waals surface area contributed by atoms with Gasteiger partial charge >= 0.3 is 5.63 Å². The van der Waals surface area contributed by atoms with Gasteiger partial charge in [-0.15, -0.1) is 0 Å². The molecule has 1 aromatic heterocycles. The van der Waals surface area contributed by atoms with Gasteiger partial charge in [-0.2, -0.15) is 0 Å². The number of fused-ring (bicyclic) bond motifs is 3. The lowest BCUT2D eigenvalue weighted by molar-refractivity contribution is -0.108. The first kappa shape index (κ1) is 13.4. The van der Waals surface area contributed by atoms with Gasteiger partial charge in [0, 0.05) is 17.4 Å². The lowest BCUT2D eigenvalue weighted by atomic mass is 9.98. The molecule has 106 valence electrons. The summed E-state index contributed by atoms with van der Waals surface area (Å²) in [6.07, 6.45) is 0.856. The Bertz CT molecular complexity index is 892. The Hall–Kier alpha value is -2.62. The van der Waals surface area contributed by atoms with E-state index >= 15 is 0 Å². The second kappa shape index (κ2) is 5.05. The van der Waals surface area contributed by atoms with Crippen LogP contribution in [0.5, 0.6) is 5.75 Å². The molecule has 1 unspecified atom stereocenters. The zero-order valence-corrected chi connectivity index (χ0v) is 11.8. The molecule has 4 heteroatoms. The van der Waals surface area contributed by atoms with E-state index in [4.69, 9.17) is 9.15 Å². The highest BCUT2D eigenvalue weighted by Gasteiger charge is 2.11. The Balaban J connectivity index is 2.35. The molecule has 0 fully saturated rings. The van der Waals surface area contributed by atoms with Crippen LogP contribution >= 0.6 is 0 Å². The molecule has 3 aromatic rings. The average molecular weight is 282 g/mol. The lowest BCUT2D eigenvalue weighted by Crippen LogP contribution is -2.02. The van der Waals surface area contributed by atoms with E-state index in [0.717, 1.165) is 22.6 Å². The first-order valence-electron chi connectivity index (χ1n) is 6.64. The molecular formula is C17H14O4. The predicted octanol–water partition coefficient (Wildman–Crippen LogP) is 3.26. The number of rotatable bonds is 3. The molecule has 0 saturated carbocycles. The van der Waals surface area contributed by atoms with E-state index in [1.807, 2.05) is 24.3 Å². The van der Waals surface area contributed by atoms with Crippen molar-refractivity contribution in [3.05, 3.63) is 52.4 Å². The molecule has 0 N–H and O–H groups in total. The number of carbonyl (C=O) groups excluding carboxylic acids is 1. The highest BCUT2D eigenvalue weighted by molar-refractivity contribution is 6.04. The fraction of sp³-hybridized carbons (Fsp3) is 0.176. The van der Waals surface area contributed by atoms with Crippen molar-refractivity contribution in [2.75, 3.05) is 7.11 Å². The monoisotopic (exact) mass is 282 g/mol. The van der Waals surface area contributed by atoms with Gasteiger partial charge in [0.15, 0.2) is 0 Å². The van der Waals surface area contributed by atoms with Gasteiger partial charge in [0.1, 0.15) is 17.6 Å². The van der Waals surface area contributed by atoms with E-state index in [0.29, 0.717) is 16.7 Å². The molecule has 1 heterocycles. The molecule has 0 spiro atoms. The van der Waals surface area contributed by atoms with Crippen LogP contribution in [-0.2, 0) is 4.79 Å². The van der Waals surface area contributed by atoms with Gasteiger partial charge in [0.25, 0.3) is 0 Å². The van der Waals surface area contributed by atoms with Gasteiger partial charge in [-0.25, -0.2) is 4.79 Å². The summed E-state index contributed by atoms with van der Waals surface area (Å²) in [6.45, 7) is 1.79. The lowest BCUT2D eigenvalue weighted by Gasteiger charge is -2.08. The molecule has 0 radical (unpaired) electrons. The van der Waals surface area contributed by atoms with Crippen molar-refractivity contribution < 1.29 is 13.9 Å². The molecule has 0 aliphatic heterocycles. The fourth-order valence-electron chi connectivity index (χ4n) is 2.42. The van der Waals surface area contributed by atoms with Crippen molar-refractivity contribution in [1.29, 1.82) is 0 Å². The minimum atomic E-state index is -0.411. The highest BCUT2D eigenvalue weighted by atomic mass is 16.5. The maximum atomic E-state index is 12.2. The van der Waals surface area contributed by atoms with Gasteiger partial charge in [0.05, 0.1) is 12.5 Å². The van der Waals surface area contributed by atoms with Crippen LogP contribution in [0.25, 0.3) is 21.7 Å². The maximum absolute atomic E-state index is 12.2. The first-order valence-corrected chi connectivity index (χ1v) is 6.64. The highest BCUT2D eigenvalue weighted by Crippen LogP contribution is 2.28. The number of ether oxygens (including phenoxy) is 1. The van der Waals surface area contributed by atoms with Crippen molar-refractivity contribution in [3.63, 3.8) is 0 Å². The first-order chi connectivity index (χ1) is 10.1. The van der Waals surface area contributed by atoms with E-state index in [9.17, 15) is 9.59 Å². The molecule has 0 saturated heterocycles. The fourth-order valence-corrected chi connectivity index (χ4v) is 2.42. The van der Waals surface area contributed by atoms with E-state index < -0.39 is 5.63 Å². The maximum Gasteiger partial charge on any atom is 0.344 e. The summed E-state index contributed by atoms with van der Waals surface area (Å²) in [7, 11) is 1.56. The van der Waals surface area contributed by atoms with Gasteiger partial charge in [-0.3, -0.25) is 0 Å². The van der Waals surface area contributed by atoms with Crippen molar-refractivity contribution in [2.24, 2.45) is 0 Å². The van der Waals surface area contributed by atoms with Crippen LogP contribution in [0.1, 0.15) is 18.4 Å². The van der Waals surface area contributed by atoms with Crippen LogP contribution in [0.4, 0.5) is 0 Å². The Kier molecular flexibility index (Phi) is 3.22. The Morgan fingerprint density at radius 2 is 1.86 bits per heavy atom. The topological polar surface area (TPSA) is 56.5 Å². The third-order valence-electron chi connectivity index (χ3n) is 3.68. The van der Waals surface area contributed by atoms with Gasteiger partial charge in [0.2, 0.25) is 0 Å². The summed E-state index contributed by atoms with van der Waals surface area (Å²) in [5.41, 5.74) is 0.881. The van der Waals surface area contributed by atoms with E-state index in [-0.39, 0.29) is 5.92 Å². The zero-order chi connectivity index (χ0) is 15.0. The van der Waals surface area contributed by atoms with Crippen LogP contribution in [0.15, 0.2) is 45.6 Å². The van der Waals surface area contributed by atoms with E-state index in [2.05, 4.69) is 0 Å². The third kappa shape index (κ3) is 2.18. The Morgan fingerprint density at radius 1 is 1.10 bits per heavy atom. The number of carbonyl (C=O) groups is 1. The molecule has 4 nitrogen and oxygen atoms in total. The molecule has 0 aliphatic carbocycles. The largest absolute Gasteiger partial charge is 0.497 e. The van der Waals surface area contributed by atoms with Crippen LogP contribution < -0.4 is 10.4 Å². The van der Waals surface area contributed by atoms with Crippen molar-refractivity contribution in [2.45, 2.75) is 12.8 Å². The van der Waals surface area contributed by atoms with Crippen LogP contribution in [-0.4, -0.2) is 13.4 Å². The van der Waals surface area contributed by atoms with Crippen LogP contribution in [0.3, 0.4) is 0 Å². The SMILES string of the molecule is COc1ccc2c(c1)oc(=O)c1cc(C(C)C=O)ccc12. The number of benzene rings is 2. The summed E-state index contributed by atoms with van der Waals surface area (Å²) in [6, 6.07) is 10.8. The minimum absolute atomic E-state index is 0.250. The summed E-state index contributed by atoms with van der Waals surface area (Å²) < 4.78 is 10.5. The van der Waals surface area contributed by atoms with Gasteiger partial charge in [-0.1, -0.05) is 19.1 Å². The smallest absolute Gasteiger partial charge is 0.344 e. The van der Waals surface area contributed by atoms with Crippen molar-refractivity contribution in [3.8, 4) is 5.75 Å².